The van der Waals surface area contributed by atoms with E-state index in [0.29, 0.717) is 24.4 Å². The topological polar surface area (TPSA) is 50.1 Å². The molecule has 2 aromatic heterocycles. The number of rotatable bonds is 5. The second kappa shape index (κ2) is 7.27. The van der Waals surface area contributed by atoms with Gasteiger partial charge in [0, 0.05) is 38.4 Å². The first-order valence-corrected chi connectivity index (χ1v) is 8.34. The van der Waals surface area contributed by atoms with E-state index in [1.54, 1.807) is 30.0 Å². The van der Waals surface area contributed by atoms with Gasteiger partial charge in [0.1, 0.15) is 5.65 Å². The molecule has 0 radical (unpaired) electrons. The lowest BCUT2D eigenvalue weighted by Gasteiger charge is -2.29. The molecule has 0 saturated carbocycles. The van der Waals surface area contributed by atoms with Crippen molar-refractivity contribution in [3.63, 3.8) is 0 Å². The number of hydrogen-bond acceptors (Lipinski definition) is 4. The summed E-state index contributed by atoms with van der Waals surface area (Å²) in [4.78, 5) is 20.8. The second-order valence-corrected chi connectivity index (χ2v) is 5.95. The minimum Gasteiger partial charge on any atom is -0.379 e. The molecule has 0 aliphatic carbocycles. The number of halogens is 1. The number of carbonyl (C=O) groups excluding carboxylic acids is 1. The third kappa shape index (κ3) is 3.27. The van der Waals surface area contributed by atoms with Crippen LogP contribution >= 0.6 is 0 Å². The van der Waals surface area contributed by atoms with Crippen LogP contribution < -0.4 is 0 Å². The Labute approximate surface area is 140 Å². The quantitative estimate of drug-likeness (QED) is 0.833. The first kappa shape index (κ1) is 16.9. The fourth-order valence-electron chi connectivity index (χ4n) is 2.99. The summed E-state index contributed by atoms with van der Waals surface area (Å²) in [6.45, 7) is 8.72. The van der Waals surface area contributed by atoms with Crippen molar-refractivity contribution >= 4 is 11.6 Å². The number of nitrogens with zero attached hydrogens (tertiary/aromatic N) is 4. The minimum atomic E-state index is -0.585. The van der Waals surface area contributed by atoms with Crippen molar-refractivity contribution in [3.8, 4) is 0 Å². The number of pyridine rings is 1. The molecule has 6 nitrogen and oxygen atoms in total. The number of imidazole rings is 1. The lowest BCUT2D eigenvalue weighted by atomic mass is 10.3. The molecule has 1 aliphatic heterocycles. The minimum absolute atomic E-state index is 0.104. The number of aromatic nitrogens is 2. The van der Waals surface area contributed by atoms with Crippen LogP contribution in [-0.4, -0.2) is 71.0 Å². The Bertz CT molecular complexity index is 725. The summed E-state index contributed by atoms with van der Waals surface area (Å²) in [6.07, 6.45) is 0. The number of ether oxygens (including phenoxy) is 1. The van der Waals surface area contributed by atoms with Crippen molar-refractivity contribution < 1.29 is 13.9 Å². The zero-order chi connectivity index (χ0) is 17.1. The average molecular weight is 334 g/mol. The Morgan fingerprint density at radius 3 is 2.79 bits per heavy atom. The van der Waals surface area contributed by atoms with Crippen molar-refractivity contribution in [1.29, 1.82) is 0 Å². The number of amides is 1. The molecule has 24 heavy (non-hydrogen) atoms. The maximum Gasteiger partial charge on any atom is 0.277 e. The normalized spacial score (nSPS) is 15.8. The number of morpholine rings is 1. The van der Waals surface area contributed by atoms with E-state index in [1.807, 2.05) is 6.92 Å². The van der Waals surface area contributed by atoms with Gasteiger partial charge < -0.3 is 9.64 Å². The van der Waals surface area contributed by atoms with Crippen molar-refractivity contribution in [3.05, 3.63) is 35.5 Å². The molecule has 1 saturated heterocycles. The molecule has 0 spiro atoms. The zero-order valence-corrected chi connectivity index (χ0v) is 14.2. The summed E-state index contributed by atoms with van der Waals surface area (Å²) in [5.41, 5.74) is 1.07. The molecule has 0 bridgehead atoms. The molecule has 1 fully saturated rings. The maximum atomic E-state index is 14.7. The highest BCUT2D eigenvalue weighted by molar-refractivity contribution is 5.93. The maximum absolute atomic E-state index is 14.7. The molecule has 1 aliphatic rings. The van der Waals surface area contributed by atoms with Crippen molar-refractivity contribution in [2.75, 3.05) is 45.9 Å². The van der Waals surface area contributed by atoms with E-state index in [0.717, 1.165) is 32.8 Å². The molecular weight excluding hydrogens is 311 g/mol. The van der Waals surface area contributed by atoms with Gasteiger partial charge >= 0.3 is 0 Å². The molecule has 3 heterocycles. The largest absolute Gasteiger partial charge is 0.379 e. The van der Waals surface area contributed by atoms with Crippen molar-refractivity contribution in [1.82, 2.24) is 19.2 Å². The molecule has 130 valence electrons. The number of aryl methyl sites for hydroxylation is 1. The van der Waals surface area contributed by atoms with Gasteiger partial charge in [0.2, 0.25) is 5.95 Å². The standard InChI is InChI=1S/C17H23FN4O2/c1-3-21(8-7-20-9-11-24-12-10-20)17(23)15-16(18)22-13(2)5-4-6-14(22)19-15/h4-6H,3,7-12H2,1-2H3. The van der Waals surface area contributed by atoms with Crippen LogP contribution in [0, 0.1) is 12.9 Å². The van der Waals surface area contributed by atoms with Gasteiger partial charge in [-0.2, -0.15) is 4.39 Å². The van der Waals surface area contributed by atoms with E-state index < -0.39 is 5.95 Å². The third-order valence-electron chi connectivity index (χ3n) is 4.44. The van der Waals surface area contributed by atoms with Gasteiger partial charge in [-0.3, -0.25) is 14.1 Å². The predicted octanol–water partition coefficient (Wildman–Crippen LogP) is 1.58. The summed E-state index contributed by atoms with van der Waals surface area (Å²) in [5.74, 6) is -0.940. The van der Waals surface area contributed by atoms with Crippen LogP contribution in [0.25, 0.3) is 5.65 Å². The predicted molar refractivity (Wildman–Crippen MR) is 88.7 cm³/mol. The molecular formula is C17H23FN4O2. The molecule has 2 aromatic rings. The zero-order valence-electron chi connectivity index (χ0n) is 14.2. The Kier molecular flexibility index (Phi) is 5.11. The highest BCUT2D eigenvalue weighted by atomic mass is 19.1. The van der Waals surface area contributed by atoms with Crippen LogP contribution in [0.2, 0.25) is 0 Å². The van der Waals surface area contributed by atoms with Gasteiger partial charge in [0.05, 0.1) is 13.2 Å². The van der Waals surface area contributed by atoms with E-state index in [4.69, 9.17) is 4.74 Å². The van der Waals surface area contributed by atoms with E-state index in [9.17, 15) is 9.18 Å². The summed E-state index contributed by atoms with van der Waals surface area (Å²) in [7, 11) is 0. The van der Waals surface area contributed by atoms with Gasteiger partial charge in [0.25, 0.3) is 5.91 Å². The fourth-order valence-corrected chi connectivity index (χ4v) is 2.99. The third-order valence-corrected chi connectivity index (χ3v) is 4.44. The SMILES string of the molecule is CCN(CCN1CCOCC1)C(=O)c1nc2cccc(C)n2c1F. The fraction of sp³-hybridized carbons (Fsp3) is 0.529. The smallest absolute Gasteiger partial charge is 0.277 e. The number of hydrogen-bond donors (Lipinski definition) is 0. The van der Waals surface area contributed by atoms with Gasteiger partial charge in [-0.25, -0.2) is 4.98 Å². The molecule has 0 N–H and O–H groups in total. The van der Waals surface area contributed by atoms with Crippen LogP contribution in [0.3, 0.4) is 0 Å². The van der Waals surface area contributed by atoms with Crippen LogP contribution in [0.1, 0.15) is 23.1 Å². The summed E-state index contributed by atoms with van der Waals surface area (Å²) < 4.78 is 21.4. The van der Waals surface area contributed by atoms with Gasteiger partial charge in [-0.05, 0) is 26.0 Å². The van der Waals surface area contributed by atoms with Crippen LogP contribution in [0.4, 0.5) is 4.39 Å². The number of fused-ring (bicyclic) bond motifs is 1. The molecule has 0 atom stereocenters. The van der Waals surface area contributed by atoms with E-state index in [-0.39, 0.29) is 11.6 Å². The summed E-state index contributed by atoms with van der Waals surface area (Å²) in [5, 5.41) is 0. The average Bonchev–Trinajstić information content (AvgIpc) is 2.94. The Balaban J connectivity index is 1.76. The van der Waals surface area contributed by atoms with E-state index in [1.165, 1.54) is 4.40 Å². The van der Waals surface area contributed by atoms with Crippen LogP contribution in [-0.2, 0) is 4.74 Å². The van der Waals surface area contributed by atoms with Crippen molar-refractivity contribution in [2.45, 2.75) is 13.8 Å². The molecule has 0 unspecified atom stereocenters. The van der Waals surface area contributed by atoms with Crippen molar-refractivity contribution in [2.24, 2.45) is 0 Å². The first-order valence-electron chi connectivity index (χ1n) is 8.34. The lowest BCUT2D eigenvalue weighted by Crippen LogP contribution is -2.43. The van der Waals surface area contributed by atoms with Gasteiger partial charge in [0.15, 0.2) is 5.69 Å². The lowest BCUT2D eigenvalue weighted by molar-refractivity contribution is 0.0327. The molecule has 1 amide bonds. The molecule has 0 aromatic carbocycles. The Morgan fingerprint density at radius 2 is 2.12 bits per heavy atom. The number of likely N-dealkylation sites (N-methyl/N-ethyl adjacent to an activating group) is 1. The molecule has 7 heteroatoms. The van der Waals surface area contributed by atoms with Crippen LogP contribution in [0.5, 0.6) is 0 Å². The summed E-state index contributed by atoms with van der Waals surface area (Å²) in [6, 6.07) is 5.31. The second-order valence-electron chi connectivity index (χ2n) is 5.95. The van der Waals surface area contributed by atoms with Crippen LogP contribution in [0.15, 0.2) is 18.2 Å². The van der Waals surface area contributed by atoms with Gasteiger partial charge in [-0.15, -0.1) is 0 Å². The highest BCUT2D eigenvalue weighted by Crippen LogP contribution is 2.15. The number of carbonyl (C=O) groups is 1. The van der Waals surface area contributed by atoms with E-state index >= 15 is 0 Å². The molecule has 3 rings (SSSR count). The highest BCUT2D eigenvalue weighted by Gasteiger charge is 2.24. The monoisotopic (exact) mass is 334 g/mol. The summed E-state index contributed by atoms with van der Waals surface area (Å²) >= 11 is 0. The first-order chi connectivity index (χ1) is 11.6. The Morgan fingerprint density at radius 1 is 1.38 bits per heavy atom. The Hall–Kier alpha value is -1.99. The van der Waals surface area contributed by atoms with Gasteiger partial charge in [-0.1, -0.05) is 6.07 Å². The van der Waals surface area contributed by atoms with E-state index in [2.05, 4.69) is 9.88 Å².